The SMILES string of the molecule is O=C1c2[nH]nc(-c3cc(Cl)ccc3O)c2C(c2ccccc2)N1CCO. The first-order valence-electron chi connectivity index (χ1n) is 8.15. The first-order valence-corrected chi connectivity index (χ1v) is 8.53. The summed E-state index contributed by atoms with van der Waals surface area (Å²) in [6.45, 7) is 0.0480. The molecule has 6 nitrogen and oxygen atoms in total. The van der Waals surface area contributed by atoms with E-state index >= 15 is 0 Å². The number of aromatic amines is 1. The standard InChI is InChI=1S/C19H16ClN3O3/c20-12-6-7-14(25)13(10-12)16-15-17(22-21-16)19(26)23(8-9-24)18(15)11-4-2-1-3-5-11/h1-7,10,18,24-25H,8-9H2,(H,21,22). The van der Waals surface area contributed by atoms with Crippen LogP contribution in [0.1, 0.15) is 27.7 Å². The number of rotatable bonds is 4. The second kappa shape index (κ2) is 6.48. The van der Waals surface area contributed by atoms with E-state index in [-0.39, 0.29) is 24.8 Å². The summed E-state index contributed by atoms with van der Waals surface area (Å²) in [5.41, 5.74) is 2.86. The number of aromatic hydroxyl groups is 1. The maximum atomic E-state index is 12.8. The van der Waals surface area contributed by atoms with Crippen molar-refractivity contribution in [3.63, 3.8) is 0 Å². The molecule has 0 spiro atoms. The molecule has 0 radical (unpaired) electrons. The van der Waals surface area contributed by atoms with Crippen molar-refractivity contribution in [2.45, 2.75) is 6.04 Å². The van der Waals surface area contributed by atoms with Gasteiger partial charge in [-0.2, -0.15) is 5.10 Å². The Hall–Kier alpha value is -2.83. The summed E-state index contributed by atoms with van der Waals surface area (Å²) in [6.07, 6.45) is 0. The zero-order valence-corrected chi connectivity index (χ0v) is 14.4. The van der Waals surface area contributed by atoms with Crippen LogP contribution in [0, 0.1) is 0 Å². The number of aromatic nitrogens is 2. The lowest BCUT2D eigenvalue weighted by molar-refractivity contribution is 0.0706. The van der Waals surface area contributed by atoms with Crippen LogP contribution in [-0.4, -0.2) is 44.4 Å². The number of aliphatic hydroxyl groups excluding tert-OH is 1. The number of hydrogen-bond donors (Lipinski definition) is 3. The Bertz CT molecular complexity index is 971. The third-order valence-electron chi connectivity index (χ3n) is 4.53. The summed E-state index contributed by atoms with van der Waals surface area (Å²) >= 11 is 6.09. The third-order valence-corrected chi connectivity index (χ3v) is 4.77. The highest BCUT2D eigenvalue weighted by molar-refractivity contribution is 6.31. The number of carbonyl (C=O) groups is 1. The first-order chi connectivity index (χ1) is 12.6. The van der Waals surface area contributed by atoms with Crippen molar-refractivity contribution in [2.75, 3.05) is 13.2 Å². The number of aliphatic hydroxyl groups is 1. The van der Waals surface area contributed by atoms with Gasteiger partial charge in [0.25, 0.3) is 5.91 Å². The smallest absolute Gasteiger partial charge is 0.273 e. The lowest BCUT2D eigenvalue weighted by Crippen LogP contribution is -2.32. The third kappa shape index (κ3) is 2.55. The summed E-state index contributed by atoms with van der Waals surface area (Å²) in [4.78, 5) is 14.4. The highest BCUT2D eigenvalue weighted by Gasteiger charge is 2.42. The molecule has 0 aliphatic carbocycles. The number of hydrogen-bond acceptors (Lipinski definition) is 4. The molecular weight excluding hydrogens is 354 g/mol. The summed E-state index contributed by atoms with van der Waals surface area (Å²) in [7, 11) is 0. The van der Waals surface area contributed by atoms with Gasteiger partial charge in [-0.3, -0.25) is 9.89 Å². The fraction of sp³-hybridized carbons (Fsp3) is 0.158. The molecule has 2 heterocycles. The molecule has 7 heteroatoms. The summed E-state index contributed by atoms with van der Waals surface area (Å²) in [5.74, 6) is -0.202. The Kier molecular flexibility index (Phi) is 4.14. The maximum Gasteiger partial charge on any atom is 0.273 e. The number of β-amino-alcohol motifs (C(OH)–C–C–N with tert-alkyl or cyclic N) is 1. The minimum atomic E-state index is -0.405. The number of nitrogens with one attached hydrogen (secondary N) is 1. The van der Waals surface area contributed by atoms with E-state index in [0.29, 0.717) is 27.5 Å². The number of phenols is 1. The molecule has 26 heavy (non-hydrogen) atoms. The number of benzene rings is 2. The fourth-order valence-electron chi connectivity index (χ4n) is 3.42. The minimum Gasteiger partial charge on any atom is -0.507 e. The Labute approximate surface area is 154 Å². The van der Waals surface area contributed by atoms with Gasteiger partial charge >= 0.3 is 0 Å². The lowest BCUT2D eigenvalue weighted by Gasteiger charge is -2.25. The summed E-state index contributed by atoms with van der Waals surface area (Å²) < 4.78 is 0. The van der Waals surface area contributed by atoms with Gasteiger partial charge in [0.15, 0.2) is 0 Å². The predicted molar refractivity (Wildman–Crippen MR) is 97.1 cm³/mol. The van der Waals surface area contributed by atoms with Gasteiger partial charge in [-0.05, 0) is 23.8 Å². The average Bonchev–Trinajstić information content (AvgIpc) is 3.18. The molecule has 1 atom stereocenters. The molecule has 0 bridgehead atoms. The zero-order chi connectivity index (χ0) is 18.3. The van der Waals surface area contributed by atoms with Gasteiger partial charge in [-0.15, -0.1) is 0 Å². The number of fused-ring (bicyclic) bond motifs is 1. The monoisotopic (exact) mass is 369 g/mol. The van der Waals surface area contributed by atoms with Gasteiger partial charge in [-0.1, -0.05) is 41.9 Å². The topological polar surface area (TPSA) is 89.5 Å². The summed E-state index contributed by atoms with van der Waals surface area (Å²) in [6, 6.07) is 13.8. The first kappa shape index (κ1) is 16.6. The largest absolute Gasteiger partial charge is 0.507 e. The highest BCUT2D eigenvalue weighted by Crippen LogP contribution is 2.44. The molecule has 132 valence electrons. The van der Waals surface area contributed by atoms with E-state index < -0.39 is 6.04 Å². The second-order valence-electron chi connectivity index (χ2n) is 6.06. The highest BCUT2D eigenvalue weighted by atomic mass is 35.5. The number of phenolic OH excluding ortho intramolecular Hbond substituents is 1. The predicted octanol–water partition coefficient (Wildman–Crippen LogP) is 2.97. The van der Waals surface area contributed by atoms with E-state index in [1.54, 1.807) is 17.0 Å². The lowest BCUT2D eigenvalue weighted by atomic mass is 9.96. The number of nitrogens with zero attached hydrogens (tertiary/aromatic N) is 2. The van der Waals surface area contributed by atoms with E-state index in [1.807, 2.05) is 30.3 Å². The zero-order valence-electron chi connectivity index (χ0n) is 13.7. The molecule has 1 aliphatic heterocycles. The maximum absolute atomic E-state index is 12.8. The molecule has 0 saturated heterocycles. The Morgan fingerprint density at radius 1 is 1.19 bits per heavy atom. The van der Waals surface area contributed by atoms with Crippen LogP contribution >= 0.6 is 11.6 Å². The van der Waals surface area contributed by atoms with Crippen molar-refractivity contribution in [3.05, 3.63) is 70.4 Å². The molecule has 4 rings (SSSR count). The van der Waals surface area contributed by atoms with Gasteiger partial charge < -0.3 is 15.1 Å². The Balaban J connectivity index is 1.93. The molecule has 1 aromatic heterocycles. The molecule has 0 saturated carbocycles. The van der Waals surface area contributed by atoms with Crippen LogP contribution in [0.15, 0.2) is 48.5 Å². The molecule has 0 fully saturated rings. The van der Waals surface area contributed by atoms with Crippen LogP contribution in [0.3, 0.4) is 0 Å². The minimum absolute atomic E-state index is 0.0311. The Morgan fingerprint density at radius 3 is 2.69 bits per heavy atom. The molecular formula is C19H16ClN3O3. The van der Waals surface area contributed by atoms with E-state index in [2.05, 4.69) is 10.2 Å². The van der Waals surface area contributed by atoms with Gasteiger partial charge in [-0.25, -0.2) is 0 Å². The van der Waals surface area contributed by atoms with E-state index in [9.17, 15) is 15.0 Å². The second-order valence-corrected chi connectivity index (χ2v) is 6.49. The van der Waals surface area contributed by atoms with Gasteiger partial charge in [0.1, 0.15) is 17.1 Å². The normalized spacial score (nSPS) is 16.2. The Morgan fingerprint density at radius 2 is 1.96 bits per heavy atom. The number of amides is 1. The van der Waals surface area contributed by atoms with Gasteiger partial charge in [0.2, 0.25) is 0 Å². The number of H-pyrrole nitrogens is 1. The van der Waals surface area contributed by atoms with Crippen LogP contribution < -0.4 is 0 Å². The van der Waals surface area contributed by atoms with E-state index in [1.165, 1.54) is 6.07 Å². The summed E-state index contributed by atoms with van der Waals surface area (Å²) in [5, 5.41) is 27.2. The van der Waals surface area contributed by atoms with Crippen molar-refractivity contribution in [3.8, 4) is 17.0 Å². The fourth-order valence-corrected chi connectivity index (χ4v) is 3.59. The quantitative estimate of drug-likeness (QED) is 0.659. The molecule has 1 amide bonds. The van der Waals surface area contributed by atoms with Crippen molar-refractivity contribution >= 4 is 17.5 Å². The van der Waals surface area contributed by atoms with Gasteiger partial charge in [0.05, 0.1) is 12.6 Å². The van der Waals surface area contributed by atoms with Crippen molar-refractivity contribution in [2.24, 2.45) is 0 Å². The van der Waals surface area contributed by atoms with E-state index in [4.69, 9.17) is 11.6 Å². The van der Waals surface area contributed by atoms with Crippen LogP contribution in [0.25, 0.3) is 11.3 Å². The van der Waals surface area contributed by atoms with Gasteiger partial charge in [0, 0.05) is 22.7 Å². The average molecular weight is 370 g/mol. The van der Waals surface area contributed by atoms with Crippen molar-refractivity contribution in [1.82, 2.24) is 15.1 Å². The van der Waals surface area contributed by atoms with Crippen LogP contribution in [0.2, 0.25) is 5.02 Å². The van der Waals surface area contributed by atoms with Crippen molar-refractivity contribution in [1.29, 1.82) is 0 Å². The van der Waals surface area contributed by atoms with Crippen LogP contribution in [0.4, 0.5) is 0 Å². The number of carbonyl (C=O) groups excluding carboxylic acids is 1. The van der Waals surface area contributed by atoms with E-state index in [0.717, 1.165) is 5.56 Å². The number of halogens is 1. The van der Waals surface area contributed by atoms with Crippen molar-refractivity contribution < 1.29 is 15.0 Å². The molecule has 3 N–H and O–H groups in total. The van der Waals surface area contributed by atoms with Crippen LogP contribution in [0.5, 0.6) is 5.75 Å². The molecule has 1 aliphatic rings. The molecule has 2 aromatic carbocycles. The molecule has 3 aromatic rings. The molecule has 1 unspecified atom stereocenters. The van der Waals surface area contributed by atoms with Crippen LogP contribution in [-0.2, 0) is 0 Å².